The van der Waals surface area contributed by atoms with Gasteiger partial charge in [-0.3, -0.25) is 9.88 Å². The Kier molecular flexibility index (Phi) is 6.83. The van der Waals surface area contributed by atoms with Crippen LogP contribution >= 0.6 is 11.6 Å². The molecule has 0 spiro atoms. The number of imidazole rings is 1. The van der Waals surface area contributed by atoms with Gasteiger partial charge < -0.3 is 19.3 Å². The number of hydrogen-bond acceptors (Lipinski definition) is 6. The number of halogens is 1. The van der Waals surface area contributed by atoms with Crippen LogP contribution in [0, 0.1) is 0 Å². The molecule has 1 aliphatic heterocycles. The summed E-state index contributed by atoms with van der Waals surface area (Å²) in [5.74, 6) is 0. The van der Waals surface area contributed by atoms with Gasteiger partial charge in [0.25, 0.3) is 0 Å². The van der Waals surface area contributed by atoms with Gasteiger partial charge in [-0.05, 0) is 61.7 Å². The summed E-state index contributed by atoms with van der Waals surface area (Å²) >= 11 is 6.44. The van der Waals surface area contributed by atoms with Crippen molar-refractivity contribution in [1.29, 1.82) is 0 Å². The molecule has 2 atom stereocenters. The summed E-state index contributed by atoms with van der Waals surface area (Å²) in [6.45, 7) is 8.04. The Hall–Kier alpha value is -3.20. The minimum atomic E-state index is -0.898. The van der Waals surface area contributed by atoms with Crippen molar-refractivity contribution in [2.75, 3.05) is 26.2 Å². The maximum atomic E-state index is 12.7. The number of aromatic nitrogens is 3. The van der Waals surface area contributed by atoms with Crippen LogP contribution in [0.3, 0.4) is 0 Å². The molecule has 1 aliphatic carbocycles. The second-order valence-corrected chi connectivity index (χ2v) is 11.0. The van der Waals surface area contributed by atoms with Gasteiger partial charge in [0.1, 0.15) is 11.7 Å². The van der Waals surface area contributed by atoms with Gasteiger partial charge >= 0.3 is 6.09 Å². The Balaban J connectivity index is 1.53. The first-order valence-electron chi connectivity index (χ1n) is 12.4. The summed E-state index contributed by atoms with van der Waals surface area (Å²) in [4.78, 5) is 25.8. The second kappa shape index (κ2) is 9.93. The predicted molar refractivity (Wildman–Crippen MR) is 143 cm³/mol. The molecule has 37 heavy (non-hydrogen) atoms. The SMILES string of the molecule is Cn1cncc1C(O)C1=Cc2cc(Cl)ccc2[C@@H](N2CCN(C(=O)OC(C)(C)C)CC2)c2ncccc21. The lowest BCUT2D eigenvalue weighted by atomic mass is 9.94. The van der Waals surface area contributed by atoms with Crippen molar-refractivity contribution in [2.45, 2.75) is 38.5 Å². The van der Waals surface area contributed by atoms with Crippen LogP contribution in [0.1, 0.15) is 61.0 Å². The van der Waals surface area contributed by atoms with Crippen molar-refractivity contribution >= 4 is 29.3 Å². The van der Waals surface area contributed by atoms with E-state index < -0.39 is 11.7 Å². The van der Waals surface area contributed by atoms with Crippen molar-refractivity contribution < 1.29 is 14.6 Å². The molecule has 0 saturated carbocycles. The lowest BCUT2D eigenvalue weighted by Gasteiger charge is -2.40. The van der Waals surface area contributed by atoms with Crippen molar-refractivity contribution in [2.24, 2.45) is 7.05 Å². The van der Waals surface area contributed by atoms with E-state index in [0.29, 0.717) is 36.9 Å². The minimum absolute atomic E-state index is 0.170. The summed E-state index contributed by atoms with van der Waals surface area (Å²) in [5, 5.41) is 12.1. The number of amides is 1. The number of aliphatic hydroxyl groups is 1. The number of aryl methyl sites for hydroxylation is 1. The van der Waals surface area contributed by atoms with E-state index in [2.05, 4.69) is 9.88 Å². The summed E-state index contributed by atoms with van der Waals surface area (Å²) < 4.78 is 7.41. The van der Waals surface area contributed by atoms with Crippen molar-refractivity contribution in [3.8, 4) is 0 Å². The molecule has 9 heteroatoms. The number of hydrogen-bond donors (Lipinski definition) is 1. The molecule has 0 bridgehead atoms. The first-order valence-corrected chi connectivity index (χ1v) is 12.8. The smallest absolute Gasteiger partial charge is 0.410 e. The maximum absolute atomic E-state index is 12.7. The number of carbonyl (C=O) groups is 1. The zero-order valence-electron chi connectivity index (χ0n) is 21.6. The molecule has 2 aliphatic rings. The highest BCUT2D eigenvalue weighted by atomic mass is 35.5. The molecule has 0 radical (unpaired) electrons. The Morgan fingerprint density at radius 2 is 1.95 bits per heavy atom. The number of aliphatic hydroxyl groups excluding tert-OH is 1. The fourth-order valence-electron chi connectivity index (χ4n) is 5.07. The largest absolute Gasteiger partial charge is 0.444 e. The van der Waals surface area contributed by atoms with Crippen LogP contribution in [0.25, 0.3) is 11.6 Å². The molecule has 1 saturated heterocycles. The van der Waals surface area contributed by atoms with Gasteiger partial charge in [-0.2, -0.15) is 0 Å². The summed E-state index contributed by atoms with van der Waals surface area (Å²) in [7, 11) is 1.87. The third-order valence-corrected chi connectivity index (χ3v) is 7.06. The molecule has 1 N–H and O–H groups in total. The average Bonchev–Trinajstić information content (AvgIpc) is 3.22. The molecule has 1 unspecified atom stereocenters. The van der Waals surface area contributed by atoms with Crippen LogP contribution < -0.4 is 0 Å². The van der Waals surface area contributed by atoms with E-state index in [4.69, 9.17) is 21.3 Å². The molecule has 5 rings (SSSR count). The summed E-state index contributed by atoms with van der Waals surface area (Å²) in [6.07, 6.45) is 5.97. The number of rotatable bonds is 3. The highest BCUT2D eigenvalue weighted by Crippen LogP contribution is 2.43. The van der Waals surface area contributed by atoms with E-state index in [1.54, 1.807) is 23.6 Å². The third-order valence-electron chi connectivity index (χ3n) is 6.82. The average molecular weight is 522 g/mol. The molecule has 3 heterocycles. The van der Waals surface area contributed by atoms with E-state index in [-0.39, 0.29) is 12.1 Å². The van der Waals surface area contributed by atoms with E-state index in [0.717, 1.165) is 28.0 Å². The van der Waals surface area contributed by atoms with Crippen molar-refractivity contribution in [3.05, 3.63) is 82.2 Å². The van der Waals surface area contributed by atoms with Gasteiger partial charge in [-0.1, -0.05) is 23.7 Å². The van der Waals surface area contributed by atoms with Gasteiger partial charge in [0.2, 0.25) is 0 Å². The van der Waals surface area contributed by atoms with Gasteiger partial charge in [-0.15, -0.1) is 0 Å². The van der Waals surface area contributed by atoms with Gasteiger partial charge in [-0.25, -0.2) is 9.78 Å². The summed E-state index contributed by atoms with van der Waals surface area (Å²) in [6, 6.07) is 9.59. The highest BCUT2D eigenvalue weighted by Gasteiger charge is 2.36. The first-order chi connectivity index (χ1) is 17.6. The molecule has 2 aromatic heterocycles. The Labute approximate surface area is 222 Å². The first kappa shape index (κ1) is 25.4. The number of nitrogens with zero attached hydrogens (tertiary/aromatic N) is 5. The zero-order valence-corrected chi connectivity index (χ0v) is 22.3. The molecule has 8 nitrogen and oxygen atoms in total. The summed E-state index contributed by atoms with van der Waals surface area (Å²) in [5.41, 5.74) is 4.63. The van der Waals surface area contributed by atoms with Crippen molar-refractivity contribution in [1.82, 2.24) is 24.3 Å². The lowest BCUT2D eigenvalue weighted by Crippen LogP contribution is -2.51. The molecule has 3 aromatic rings. The van der Waals surface area contributed by atoms with Crippen LogP contribution in [0.4, 0.5) is 4.79 Å². The quantitative estimate of drug-likeness (QED) is 0.538. The minimum Gasteiger partial charge on any atom is -0.444 e. The Bertz CT molecular complexity index is 1340. The molecule has 1 fully saturated rings. The molecule has 1 aromatic carbocycles. The second-order valence-electron chi connectivity index (χ2n) is 10.5. The number of carbonyl (C=O) groups excluding carboxylic acids is 1. The molecular weight excluding hydrogens is 490 g/mol. The van der Waals surface area contributed by atoms with Crippen LogP contribution in [0.15, 0.2) is 49.1 Å². The normalized spacial score (nSPS) is 18.9. The number of pyridine rings is 1. The van der Waals surface area contributed by atoms with E-state index in [1.165, 1.54) is 0 Å². The Morgan fingerprint density at radius 1 is 1.19 bits per heavy atom. The maximum Gasteiger partial charge on any atom is 0.410 e. The number of ether oxygens (including phenoxy) is 1. The fraction of sp³-hybridized carbons (Fsp3) is 0.393. The van der Waals surface area contributed by atoms with Crippen LogP contribution in [0.5, 0.6) is 0 Å². The van der Waals surface area contributed by atoms with Gasteiger partial charge in [0.05, 0.1) is 30.0 Å². The predicted octanol–water partition coefficient (Wildman–Crippen LogP) is 4.70. The number of benzene rings is 1. The van der Waals surface area contributed by atoms with E-state index in [9.17, 15) is 9.90 Å². The lowest BCUT2D eigenvalue weighted by molar-refractivity contribution is 0.0118. The van der Waals surface area contributed by atoms with Gasteiger partial charge in [0.15, 0.2) is 0 Å². The van der Waals surface area contributed by atoms with Crippen LogP contribution in [-0.2, 0) is 11.8 Å². The van der Waals surface area contributed by atoms with Crippen LogP contribution in [0.2, 0.25) is 5.02 Å². The number of piperazine rings is 1. The molecule has 1 amide bonds. The van der Waals surface area contributed by atoms with E-state index in [1.807, 2.05) is 68.8 Å². The highest BCUT2D eigenvalue weighted by molar-refractivity contribution is 6.30. The number of fused-ring (bicyclic) bond motifs is 2. The van der Waals surface area contributed by atoms with Gasteiger partial charge in [0, 0.05) is 50.0 Å². The molecule has 194 valence electrons. The topological polar surface area (TPSA) is 83.7 Å². The zero-order chi connectivity index (χ0) is 26.3. The van der Waals surface area contributed by atoms with E-state index >= 15 is 0 Å². The fourth-order valence-corrected chi connectivity index (χ4v) is 5.25. The third kappa shape index (κ3) is 5.14. The van der Waals surface area contributed by atoms with Crippen molar-refractivity contribution in [3.63, 3.8) is 0 Å². The monoisotopic (exact) mass is 521 g/mol. The Morgan fingerprint density at radius 3 is 2.62 bits per heavy atom. The standard InChI is InChI=1S/C28H32ClN5O3/c1-28(2,3)37-27(36)34-12-10-33(11-13-34)25-20-8-7-19(29)14-18(20)15-22(21-6-5-9-31-24(21)25)26(35)23-16-30-17-32(23)4/h5-9,14-17,25-26,35H,10-13H2,1-4H3/t25-,26?/m1/s1. The van der Waals surface area contributed by atoms with Crippen LogP contribution in [-0.4, -0.2) is 67.3 Å². The molecular formula is C28H32ClN5O3.